The molecule has 3 amide bonds. The lowest BCUT2D eigenvalue weighted by Gasteiger charge is -2.19. The largest absolute Gasteiger partial charge is 0.345 e. The van der Waals surface area contributed by atoms with Crippen molar-refractivity contribution >= 4 is 17.7 Å². The highest BCUT2D eigenvalue weighted by atomic mass is 16.2. The van der Waals surface area contributed by atoms with Crippen molar-refractivity contribution in [2.24, 2.45) is 5.92 Å². The molecule has 0 aromatic rings. The summed E-state index contributed by atoms with van der Waals surface area (Å²) >= 11 is 0. The van der Waals surface area contributed by atoms with Crippen LogP contribution < -0.4 is 5.32 Å². The van der Waals surface area contributed by atoms with E-state index in [9.17, 15) is 14.4 Å². The Kier molecular flexibility index (Phi) is 6.51. The molecule has 1 saturated carbocycles. The summed E-state index contributed by atoms with van der Waals surface area (Å²) in [5.41, 5.74) is 0. The van der Waals surface area contributed by atoms with Gasteiger partial charge in [0, 0.05) is 25.1 Å². The van der Waals surface area contributed by atoms with Crippen molar-refractivity contribution in [1.29, 1.82) is 0 Å². The lowest BCUT2D eigenvalue weighted by Crippen LogP contribution is -2.32. The molecule has 0 spiro atoms. The summed E-state index contributed by atoms with van der Waals surface area (Å²) in [5, 5.41) is 2.73. The van der Waals surface area contributed by atoms with Gasteiger partial charge in [-0.1, -0.05) is 25.2 Å². The first kappa shape index (κ1) is 16.0. The van der Waals surface area contributed by atoms with E-state index in [0.717, 1.165) is 17.7 Å². The molecule has 1 N–H and O–H groups in total. The number of carbonyl (C=O) groups excluding carboxylic acids is 3. The number of nitrogens with zero attached hydrogens (tertiary/aromatic N) is 1. The monoisotopic (exact) mass is 276 g/mol. The van der Waals surface area contributed by atoms with Gasteiger partial charge >= 0.3 is 0 Å². The maximum atomic E-state index is 11.4. The Balaban J connectivity index is 0.000000217. The zero-order valence-electron chi connectivity index (χ0n) is 11.7. The van der Waals surface area contributed by atoms with Crippen LogP contribution in [0.2, 0.25) is 0 Å². The maximum Gasteiger partial charge on any atom is 0.253 e. The molecule has 1 fully saturated rings. The van der Waals surface area contributed by atoms with E-state index in [0.29, 0.717) is 6.54 Å². The third kappa shape index (κ3) is 4.88. The quantitative estimate of drug-likeness (QED) is 0.601. The molecule has 0 atom stereocenters. The van der Waals surface area contributed by atoms with E-state index in [1.54, 1.807) is 0 Å². The topological polar surface area (TPSA) is 66.5 Å². The van der Waals surface area contributed by atoms with Gasteiger partial charge in [0.25, 0.3) is 11.8 Å². The summed E-state index contributed by atoms with van der Waals surface area (Å²) in [6, 6.07) is 0. The summed E-state index contributed by atoms with van der Waals surface area (Å²) in [4.78, 5) is 33.2. The molecule has 1 aliphatic carbocycles. The SMILES string of the molecule is C#CCNC(=O)C1CCCCC1.CN1C(=O)C=CC1=O. The fourth-order valence-electron chi connectivity index (χ4n) is 2.12. The van der Waals surface area contributed by atoms with Crippen molar-refractivity contribution in [1.82, 2.24) is 10.2 Å². The molecule has 2 aliphatic rings. The van der Waals surface area contributed by atoms with E-state index < -0.39 is 0 Å². The third-order valence-corrected chi connectivity index (χ3v) is 3.37. The standard InChI is InChI=1S/C10H15NO.C5H5NO2/c1-2-8-11-10(12)9-6-4-3-5-7-9;1-6-4(7)2-3-5(6)8/h1,9H,3-8H2,(H,11,12);2-3H,1H3. The minimum Gasteiger partial charge on any atom is -0.345 e. The molecule has 0 aromatic carbocycles. The zero-order chi connectivity index (χ0) is 15.0. The van der Waals surface area contributed by atoms with Gasteiger partial charge in [-0.25, -0.2) is 0 Å². The summed E-state index contributed by atoms with van der Waals surface area (Å²) in [7, 11) is 1.45. The molecule has 20 heavy (non-hydrogen) atoms. The van der Waals surface area contributed by atoms with E-state index in [-0.39, 0.29) is 23.6 Å². The highest BCUT2D eigenvalue weighted by molar-refractivity contribution is 6.12. The predicted octanol–water partition coefficient (Wildman–Crippen LogP) is 0.857. The Morgan fingerprint density at radius 1 is 1.30 bits per heavy atom. The molecule has 0 aromatic heterocycles. The van der Waals surface area contributed by atoms with Crippen LogP contribution in [0.15, 0.2) is 12.2 Å². The van der Waals surface area contributed by atoms with Gasteiger partial charge in [-0.05, 0) is 12.8 Å². The molecular weight excluding hydrogens is 256 g/mol. The molecule has 0 saturated heterocycles. The van der Waals surface area contributed by atoms with Gasteiger partial charge < -0.3 is 5.32 Å². The van der Waals surface area contributed by atoms with Crippen LogP contribution in [-0.2, 0) is 14.4 Å². The van der Waals surface area contributed by atoms with Crippen molar-refractivity contribution in [3.8, 4) is 12.3 Å². The summed E-state index contributed by atoms with van der Waals surface area (Å²) in [5.74, 6) is 2.30. The lowest BCUT2D eigenvalue weighted by atomic mass is 9.89. The Hall–Kier alpha value is -2.09. The number of hydrogen-bond acceptors (Lipinski definition) is 3. The van der Waals surface area contributed by atoms with Crippen molar-refractivity contribution in [2.45, 2.75) is 32.1 Å². The van der Waals surface area contributed by atoms with Gasteiger partial charge in [-0.15, -0.1) is 6.42 Å². The van der Waals surface area contributed by atoms with Gasteiger partial charge in [0.15, 0.2) is 0 Å². The summed E-state index contributed by atoms with van der Waals surface area (Å²) in [6.45, 7) is 0.370. The van der Waals surface area contributed by atoms with E-state index >= 15 is 0 Å². The molecule has 108 valence electrons. The number of likely N-dealkylation sites (N-methyl/N-ethyl adjacent to an activating group) is 1. The number of hydrogen-bond donors (Lipinski definition) is 1. The molecule has 1 aliphatic heterocycles. The van der Waals surface area contributed by atoms with E-state index in [1.807, 2.05) is 0 Å². The number of amides is 3. The van der Waals surface area contributed by atoms with E-state index in [4.69, 9.17) is 6.42 Å². The van der Waals surface area contributed by atoms with Crippen molar-refractivity contribution in [2.75, 3.05) is 13.6 Å². The fourth-order valence-corrected chi connectivity index (χ4v) is 2.12. The van der Waals surface area contributed by atoms with Crippen LogP contribution >= 0.6 is 0 Å². The lowest BCUT2D eigenvalue weighted by molar-refractivity contribution is -0.135. The Bertz CT molecular complexity index is 425. The van der Waals surface area contributed by atoms with E-state index in [1.165, 1.54) is 38.5 Å². The normalized spacial score (nSPS) is 18.3. The van der Waals surface area contributed by atoms with Gasteiger partial charge in [0.1, 0.15) is 0 Å². The smallest absolute Gasteiger partial charge is 0.253 e. The fraction of sp³-hybridized carbons (Fsp3) is 0.533. The number of rotatable bonds is 2. The van der Waals surface area contributed by atoms with Crippen molar-refractivity contribution in [3.05, 3.63) is 12.2 Å². The Morgan fingerprint density at radius 3 is 2.25 bits per heavy atom. The number of imide groups is 1. The van der Waals surface area contributed by atoms with Crippen LogP contribution in [-0.4, -0.2) is 36.2 Å². The van der Waals surface area contributed by atoms with Gasteiger partial charge in [0.05, 0.1) is 6.54 Å². The average molecular weight is 276 g/mol. The number of carbonyl (C=O) groups is 3. The predicted molar refractivity (Wildman–Crippen MR) is 75.3 cm³/mol. The molecular formula is C15H20N2O3. The van der Waals surface area contributed by atoms with Crippen LogP contribution in [0, 0.1) is 18.3 Å². The van der Waals surface area contributed by atoms with Crippen LogP contribution in [0.5, 0.6) is 0 Å². The molecule has 2 rings (SSSR count). The highest BCUT2D eigenvalue weighted by Crippen LogP contribution is 2.23. The second-order valence-electron chi connectivity index (χ2n) is 4.83. The van der Waals surface area contributed by atoms with Crippen LogP contribution in [0.4, 0.5) is 0 Å². The molecule has 5 heteroatoms. The second kappa shape index (κ2) is 8.16. The second-order valence-corrected chi connectivity index (χ2v) is 4.83. The van der Waals surface area contributed by atoms with Gasteiger partial charge in [0.2, 0.25) is 5.91 Å². The highest BCUT2D eigenvalue weighted by Gasteiger charge is 2.20. The minimum absolute atomic E-state index is 0.146. The summed E-state index contributed by atoms with van der Waals surface area (Å²) < 4.78 is 0. The first-order valence-corrected chi connectivity index (χ1v) is 6.77. The Morgan fingerprint density at radius 2 is 1.85 bits per heavy atom. The molecule has 5 nitrogen and oxygen atoms in total. The van der Waals surface area contributed by atoms with Crippen molar-refractivity contribution < 1.29 is 14.4 Å². The minimum atomic E-state index is -0.241. The number of terminal acetylenes is 1. The maximum absolute atomic E-state index is 11.4. The first-order valence-electron chi connectivity index (χ1n) is 6.77. The summed E-state index contributed by atoms with van der Waals surface area (Å²) in [6.07, 6.45) is 13.3. The van der Waals surface area contributed by atoms with Gasteiger partial charge in [-0.2, -0.15) is 0 Å². The van der Waals surface area contributed by atoms with Crippen LogP contribution in [0.25, 0.3) is 0 Å². The average Bonchev–Trinajstić information content (AvgIpc) is 2.77. The van der Waals surface area contributed by atoms with Crippen LogP contribution in [0.3, 0.4) is 0 Å². The van der Waals surface area contributed by atoms with Crippen molar-refractivity contribution in [3.63, 3.8) is 0 Å². The number of nitrogens with one attached hydrogen (secondary N) is 1. The molecule has 0 radical (unpaired) electrons. The molecule has 1 heterocycles. The molecule has 0 unspecified atom stereocenters. The third-order valence-electron chi connectivity index (χ3n) is 3.37. The Labute approximate surface area is 119 Å². The zero-order valence-corrected chi connectivity index (χ0v) is 11.7. The first-order chi connectivity index (χ1) is 9.56. The van der Waals surface area contributed by atoms with Crippen LogP contribution in [0.1, 0.15) is 32.1 Å². The van der Waals surface area contributed by atoms with E-state index in [2.05, 4.69) is 11.2 Å². The van der Waals surface area contributed by atoms with Gasteiger partial charge in [-0.3, -0.25) is 19.3 Å². The molecule has 0 bridgehead atoms.